The van der Waals surface area contributed by atoms with Crippen LogP contribution < -0.4 is 5.32 Å². The van der Waals surface area contributed by atoms with E-state index in [0.29, 0.717) is 43.5 Å². The number of aromatic nitrogens is 1. The van der Waals surface area contributed by atoms with Gasteiger partial charge < -0.3 is 29.4 Å². The third-order valence-electron chi connectivity index (χ3n) is 9.08. The number of anilines is 2. The highest BCUT2D eigenvalue weighted by Crippen LogP contribution is 2.31. The van der Waals surface area contributed by atoms with Gasteiger partial charge in [-0.15, -0.1) is 0 Å². The molecule has 2 aliphatic heterocycles. The first kappa shape index (κ1) is 29.5. The van der Waals surface area contributed by atoms with E-state index in [1.165, 1.54) is 43.2 Å². The maximum Gasteiger partial charge on any atom is 0.306 e. The monoisotopic (exact) mass is 596 g/mol. The highest BCUT2D eigenvalue weighted by Gasteiger charge is 2.39. The first-order valence-corrected chi connectivity index (χ1v) is 15.3. The number of hydrogen-bond donors (Lipinski definition) is 2. The maximum atomic E-state index is 15.1. The van der Waals surface area contributed by atoms with Crippen molar-refractivity contribution in [3.05, 3.63) is 53.6 Å². The molecule has 230 valence electrons. The molecule has 3 fully saturated rings. The number of carboxylic acids is 1. The van der Waals surface area contributed by atoms with Gasteiger partial charge in [-0.05, 0) is 106 Å². The number of amides is 1. The number of benzene rings is 2. The lowest BCUT2D eigenvalue weighted by atomic mass is 9.87. The lowest BCUT2D eigenvalue weighted by molar-refractivity contribution is -0.144. The Morgan fingerprint density at radius 2 is 1.72 bits per heavy atom. The number of carbonyl (C=O) groups is 2. The minimum atomic E-state index is -0.740. The molecule has 1 aromatic heterocycles. The van der Waals surface area contributed by atoms with Crippen molar-refractivity contribution in [1.29, 1.82) is 0 Å². The number of nitrogens with zero attached hydrogens (tertiary/aromatic N) is 3. The molecule has 1 amide bonds. The molecule has 0 bridgehead atoms. The van der Waals surface area contributed by atoms with Crippen LogP contribution >= 0.6 is 0 Å². The molecule has 1 saturated carbocycles. The van der Waals surface area contributed by atoms with Crippen LogP contribution in [0.25, 0.3) is 11.1 Å². The fourth-order valence-corrected chi connectivity index (χ4v) is 6.82. The lowest BCUT2D eigenvalue weighted by Crippen LogP contribution is -2.48. The Balaban J connectivity index is 1.14. The second-order valence-corrected chi connectivity index (χ2v) is 12.1. The molecule has 0 spiro atoms. The van der Waals surface area contributed by atoms with Gasteiger partial charge in [0.25, 0.3) is 6.01 Å². The van der Waals surface area contributed by atoms with Gasteiger partial charge in [0.05, 0.1) is 31.1 Å². The zero-order valence-electron chi connectivity index (χ0n) is 24.1. The minimum Gasteiger partial charge on any atom is -0.481 e. The van der Waals surface area contributed by atoms with Gasteiger partial charge in [0, 0.05) is 18.3 Å². The van der Waals surface area contributed by atoms with Crippen LogP contribution in [0.3, 0.4) is 0 Å². The second kappa shape index (κ2) is 13.0. The number of halogens is 2. The zero-order valence-corrected chi connectivity index (χ0v) is 24.1. The van der Waals surface area contributed by atoms with Gasteiger partial charge in [-0.3, -0.25) is 9.59 Å². The number of ether oxygens (including phenoxy) is 1. The van der Waals surface area contributed by atoms with Gasteiger partial charge in [0.15, 0.2) is 11.4 Å². The Morgan fingerprint density at radius 3 is 2.44 bits per heavy atom. The summed E-state index contributed by atoms with van der Waals surface area (Å²) in [6, 6.07) is 8.69. The van der Waals surface area contributed by atoms with Crippen LogP contribution in [-0.2, 0) is 20.7 Å². The van der Waals surface area contributed by atoms with Crippen LogP contribution in [0.2, 0.25) is 0 Å². The number of oxazole rings is 1. The van der Waals surface area contributed by atoms with Gasteiger partial charge in [0.2, 0.25) is 5.91 Å². The van der Waals surface area contributed by atoms with Crippen molar-refractivity contribution in [3.8, 4) is 0 Å². The second-order valence-electron chi connectivity index (χ2n) is 12.1. The summed E-state index contributed by atoms with van der Waals surface area (Å²) in [6.07, 6.45) is 6.73. The Hall–Kier alpha value is -3.57. The summed E-state index contributed by atoms with van der Waals surface area (Å²) in [6.45, 7) is 3.31. The standard InChI is InChI=1S/C32H38F2N4O5/c33-22-5-7-23(8-6-22)35-32-36-30-27(34)15-20(16-28(30)43-32)17-29(39)38-24(18-37-13-1-2-14-37)9-10-25(38)19-42-26-11-3-21(4-12-26)31(40)41/h5-8,15-16,21,24-26H,1-4,9-14,17-19H2,(H,35,36)(H,40,41)/t21?,24-,25-,26?/m0/s1. The van der Waals surface area contributed by atoms with Crippen molar-refractivity contribution in [2.75, 3.05) is 31.6 Å². The maximum absolute atomic E-state index is 15.1. The molecule has 9 nitrogen and oxygen atoms in total. The number of aliphatic carboxylic acids is 1. The SMILES string of the molecule is O=C(O)C1CCC(OC[C@@H]2CC[C@@H](CN3CCCC3)N2C(=O)Cc2cc(F)c3nc(Nc4ccc(F)cc4)oc3c2)CC1. The molecule has 11 heteroatoms. The molecule has 0 radical (unpaired) electrons. The Bertz CT molecular complexity index is 1430. The summed E-state index contributed by atoms with van der Waals surface area (Å²) in [7, 11) is 0. The fraction of sp³-hybridized carbons (Fsp3) is 0.531. The first-order valence-electron chi connectivity index (χ1n) is 15.3. The molecule has 2 atom stereocenters. The number of fused-ring (bicyclic) bond motifs is 1. The lowest BCUT2D eigenvalue weighted by Gasteiger charge is -2.34. The number of nitrogens with one attached hydrogen (secondary N) is 1. The summed E-state index contributed by atoms with van der Waals surface area (Å²) < 4.78 is 40.4. The molecule has 3 aromatic rings. The third kappa shape index (κ3) is 6.99. The van der Waals surface area contributed by atoms with E-state index >= 15 is 4.39 Å². The largest absolute Gasteiger partial charge is 0.481 e. The summed E-state index contributed by atoms with van der Waals surface area (Å²) >= 11 is 0. The smallest absolute Gasteiger partial charge is 0.306 e. The minimum absolute atomic E-state index is 0.00542. The van der Waals surface area contributed by atoms with Crippen LogP contribution in [0.4, 0.5) is 20.5 Å². The fourth-order valence-electron chi connectivity index (χ4n) is 6.82. The molecule has 1 aliphatic carbocycles. The molecule has 2 aromatic carbocycles. The van der Waals surface area contributed by atoms with E-state index in [4.69, 9.17) is 9.15 Å². The molecular weight excluding hydrogens is 558 g/mol. The van der Waals surface area contributed by atoms with Gasteiger partial charge in [-0.2, -0.15) is 4.98 Å². The summed E-state index contributed by atoms with van der Waals surface area (Å²) in [4.78, 5) is 33.8. The third-order valence-corrected chi connectivity index (χ3v) is 9.08. The molecular formula is C32H38F2N4O5. The van der Waals surface area contributed by atoms with E-state index in [0.717, 1.165) is 32.5 Å². The highest BCUT2D eigenvalue weighted by molar-refractivity contribution is 5.83. The average molecular weight is 597 g/mol. The van der Waals surface area contributed by atoms with E-state index in [1.807, 2.05) is 4.90 Å². The zero-order chi connectivity index (χ0) is 29.9. The van der Waals surface area contributed by atoms with Crippen molar-refractivity contribution in [3.63, 3.8) is 0 Å². The Morgan fingerprint density at radius 1 is 1.00 bits per heavy atom. The quantitative estimate of drug-likeness (QED) is 0.316. The number of hydrogen-bond acceptors (Lipinski definition) is 7. The summed E-state index contributed by atoms with van der Waals surface area (Å²) in [5.41, 5.74) is 1.32. The topological polar surface area (TPSA) is 108 Å². The number of rotatable bonds is 10. The normalized spacial score (nSPS) is 24.6. The van der Waals surface area contributed by atoms with Crippen molar-refractivity contribution in [1.82, 2.24) is 14.8 Å². The molecule has 43 heavy (non-hydrogen) atoms. The van der Waals surface area contributed by atoms with Crippen LogP contribution in [-0.4, -0.2) is 76.2 Å². The summed E-state index contributed by atoms with van der Waals surface area (Å²) in [5.74, 6) is -2.07. The molecule has 0 unspecified atom stereocenters. The number of likely N-dealkylation sites (tertiary alicyclic amines) is 2. The van der Waals surface area contributed by atoms with E-state index in [-0.39, 0.29) is 59.4 Å². The van der Waals surface area contributed by atoms with Crippen molar-refractivity contribution in [2.24, 2.45) is 5.92 Å². The van der Waals surface area contributed by atoms with Gasteiger partial charge in [0.1, 0.15) is 11.3 Å². The van der Waals surface area contributed by atoms with Crippen LogP contribution in [0, 0.1) is 17.6 Å². The van der Waals surface area contributed by atoms with Crippen molar-refractivity contribution >= 4 is 34.7 Å². The molecule has 3 aliphatic rings. The van der Waals surface area contributed by atoms with Crippen LogP contribution in [0.5, 0.6) is 0 Å². The Kier molecular flexibility index (Phi) is 8.90. The van der Waals surface area contributed by atoms with Gasteiger partial charge in [-0.1, -0.05) is 0 Å². The predicted molar refractivity (Wildman–Crippen MR) is 156 cm³/mol. The highest BCUT2D eigenvalue weighted by atomic mass is 19.1. The summed E-state index contributed by atoms with van der Waals surface area (Å²) in [5, 5.41) is 12.2. The van der Waals surface area contributed by atoms with E-state index in [9.17, 15) is 19.1 Å². The van der Waals surface area contributed by atoms with E-state index in [2.05, 4.69) is 15.2 Å². The van der Waals surface area contributed by atoms with E-state index in [1.54, 1.807) is 6.07 Å². The van der Waals surface area contributed by atoms with Crippen molar-refractivity contribution in [2.45, 2.75) is 76.0 Å². The first-order chi connectivity index (χ1) is 20.8. The predicted octanol–water partition coefficient (Wildman–Crippen LogP) is 5.51. The number of carboxylic acid groups (broad SMARTS) is 1. The van der Waals surface area contributed by atoms with Crippen molar-refractivity contribution < 1.29 is 32.6 Å². The number of carbonyl (C=O) groups excluding carboxylic acids is 1. The van der Waals surface area contributed by atoms with Gasteiger partial charge in [-0.25, -0.2) is 8.78 Å². The van der Waals surface area contributed by atoms with Crippen LogP contribution in [0.1, 0.15) is 56.9 Å². The molecule has 2 N–H and O–H groups in total. The average Bonchev–Trinajstić information content (AvgIpc) is 3.74. The van der Waals surface area contributed by atoms with Crippen LogP contribution in [0.15, 0.2) is 40.8 Å². The molecule has 2 saturated heterocycles. The molecule has 3 heterocycles. The Labute approximate surface area is 249 Å². The van der Waals surface area contributed by atoms with Gasteiger partial charge >= 0.3 is 5.97 Å². The van der Waals surface area contributed by atoms with E-state index < -0.39 is 11.8 Å². The molecule has 6 rings (SSSR count).